The number of hydrogen-bond donors (Lipinski definition) is 2. The molecule has 2 atom stereocenters. The number of anilines is 1. The van der Waals surface area contributed by atoms with E-state index in [1.807, 2.05) is 48.5 Å². The van der Waals surface area contributed by atoms with Crippen LogP contribution in [-0.2, 0) is 0 Å². The summed E-state index contributed by atoms with van der Waals surface area (Å²) in [5, 5.41) is 13.0. The summed E-state index contributed by atoms with van der Waals surface area (Å²) in [5.41, 5.74) is 1.41. The number of halogens is 3. The van der Waals surface area contributed by atoms with Gasteiger partial charge >= 0.3 is 0 Å². The third kappa shape index (κ3) is 8.95. The Kier molecular flexibility index (Phi) is 13.7. The minimum Gasteiger partial charge on any atom is -0.508 e. The Morgan fingerprint density at radius 3 is 2.37 bits per heavy atom. The molecule has 0 spiro atoms. The van der Waals surface area contributed by atoms with E-state index in [-0.39, 0.29) is 60.8 Å². The molecule has 1 saturated heterocycles. The van der Waals surface area contributed by atoms with E-state index in [1.54, 1.807) is 24.4 Å². The van der Waals surface area contributed by atoms with Crippen LogP contribution in [0, 0.1) is 5.92 Å². The van der Waals surface area contributed by atoms with Crippen molar-refractivity contribution in [3.8, 4) is 17.2 Å². The number of rotatable bonds is 8. The Morgan fingerprint density at radius 2 is 1.76 bits per heavy atom. The van der Waals surface area contributed by atoms with Crippen LogP contribution >= 0.6 is 37.2 Å². The van der Waals surface area contributed by atoms with Gasteiger partial charge in [0.15, 0.2) is 0 Å². The molecule has 2 aromatic carbocycles. The Labute approximate surface area is 243 Å². The number of phenols is 1. The molecular formula is C28H37Cl3N4O3. The summed E-state index contributed by atoms with van der Waals surface area (Å²) < 4.78 is 5.77. The monoisotopic (exact) mass is 582 g/mol. The summed E-state index contributed by atoms with van der Waals surface area (Å²) in [4.78, 5) is 22.0. The molecule has 1 aliphatic rings. The molecule has 0 radical (unpaired) electrons. The number of nitrogens with one attached hydrogen (secondary N) is 1. The number of piperazine rings is 1. The smallest absolute Gasteiger partial charge is 0.270 e. The highest BCUT2D eigenvalue weighted by molar-refractivity contribution is 5.92. The van der Waals surface area contributed by atoms with Gasteiger partial charge < -0.3 is 20.1 Å². The second-order valence-electron chi connectivity index (χ2n) is 9.44. The standard InChI is InChI=1S/C28H34N4O3.3ClH/c1-20(2)27(19-31-14-15-32(21(3)18-31)22-8-7-9-23(33)16-22)30-28(34)26-13-12-25(17-29-26)35-24-10-5-4-6-11-24;;;/h4-13,16-17,20-21,27,33H,14-15,18-19H2,1-3H3,(H,30,34);3*1H. The maximum absolute atomic E-state index is 12.9. The number of carbonyl (C=O) groups excluding carboxylic acids is 1. The molecular weight excluding hydrogens is 547 g/mol. The van der Waals surface area contributed by atoms with E-state index in [4.69, 9.17) is 4.74 Å². The fraction of sp³-hybridized carbons (Fsp3) is 0.357. The quantitative estimate of drug-likeness (QED) is 0.349. The van der Waals surface area contributed by atoms with Gasteiger partial charge in [-0.2, -0.15) is 0 Å². The normalized spacial score (nSPS) is 15.9. The first-order valence-electron chi connectivity index (χ1n) is 12.2. The highest BCUT2D eigenvalue weighted by atomic mass is 35.5. The van der Waals surface area contributed by atoms with Gasteiger partial charge in [0, 0.05) is 50.0 Å². The number of carbonyl (C=O) groups is 1. The van der Waals surface area contributed by atoms with Crippen molar-refractivity contribution in [2.24, 2.45) is 5.92 Å². The number of aromatic hydroxyl groups is 1. The largest absolute Gasteiger partial charge is 0.508 e. The molecule has 1 fully saturated rings. The van der Waals surface area contributed by atoms with E-state index in [0.29, 0.717) is 17.5 Å². The molecule has 2 unspecified atom stereocenters. The summed E-state index contributed by atoms with van der Waals surface area (Å²) >= 11 is 0. The number of pyridine rings is 1. The number of hydrogen-bond acceptors (Lipinski definition) is 6. The van der Waals surface area contributed by atoms with E-state index >= 15 is 0 Å². The number of ether oxygens (including phenoxy) is 1. The molecule has 1 aromatic heterocycles. The van der Waals surface area contributed by atoms with Crippen molar-refractivity contribution in [2.75, 3.05) is 31.1 Å². The van der Waals surface area contributed by atoms with Crippen molar-refractivity contribution in [3.63, 3.8) is 0 Å². The fourth-order valence-corrected chi connectivity index (χ4v) is 4.40. The summed E-state index contributed by atoms with van der Waals surface area (Å²) in [5.74, 6) is 1.70. The predicted molar refractivity (Wildman–Crippen MR) is 160 cm³/mol. The number of phenolic OH excluding ortho intramolecular Hbond substituents is 1. The van der Waals surface area contributed by atoms with Crippen molar-refractivity contribution < 1.29 is 14.6 Å². The van der Waals surface area contributed by atoms with Gasteiger partial charge in [0.1, 0.15) is 22.9 Å². The van der Waals surface area contributed by atoms with Gasteiger partial charge in [-0.3, -0.25) is 9.69 Å². The van der Waals surface area contributed by atoms with Gasteiger partial charge in [0.2, 0.25) is 0 Å². The molecule has 1 amide bonds. The van der Waals surface area contributed by atoms with Gasteiger partial charge in [0.25, 0.3) is 5.91 Å². The second kappa shape index (κ2) is 15.6. The molecule has 1 aliphatic heterocycles. The average Bonchev–Trinajstić information content (AvgIpc) is 2.84. The van der Waals surface area contributed by atoms with Gasteiger partial charge in [-0.15, -0.1) is 37.2 Å². The van der Waals surface area contributed by atoms with Crippen molar-refractivity contribution in [1.29, 1.82) is 0 Å². The minimum atomic E-state index is -0.179. The van der Waals surface area contributed by atoms with E-state index in [1.165, 1.54) is 0 Å². The maximum Gasteiger partial charge on any atom is 0.270 e. The van der Waals surface area contributed by atoms with Crippen LogP contribution in [-0.4, -0.2) is 59.2 Å². The predicted octanol–water partition coefficient (Wildman–Crippen LogP) is 5.81. The molecule has 38 heavy (non-hydrogen) atoms. The fourth-order valence-electron chi connectivity index (χ4n) is 4.40. The van der Waals surface area contributed by atoms with Gasteiger partial charge in [-0.1, -0.05) is 38.1 Å². The number of amides is 1. The third-order valence-electron chi connectivity index (χ3n) is 6.40. The van der Waals surface area contributed by atoms with Gasteiger partial charge in [0.05, 0.1) is 6.20 Å². The molecule has 4 rings (SSSR count). The highest BCUT2D eigenvalue weighted by Crippen LogP contribution is 2.25. The zero-order valence-corrected chi connectivity index (χ0v) is 24.3. The van der Waals surface area contributed by atoms with E-state index < -0.39 is 0 Å². The number of aromatic nitrogens is 1. The number of benzene rings is 2. The highest BCUT2D eigenvalue weighted by Gasteiger charge is 2.27. The second-order valence-corrected chi connectivity index (χ2v) is 9.44. The van der Waals surface area contributed by atoms with Gasteiger partial charge in [-0.05, 0) is 49.2 Å². The van der Waals surface area contributed by atoms with Crippen LogP contribution in [0.15, 0.2) is 72.9 Å². The first-order chi connectivity index (χ1) is 16.9. The first kappa shape index (κ1) is 33.3. The van der Waals surface area contributed by atoms with E-state index in [0.717, 1.165) is 37.6 Å². The first-order valence-corrected chi connectivity index (χ1v) is 12.2. The van der Waals surface area contributed by atoms with Crippen LogP contribution in [0.3, 0.4) is 0 Å². The number of para-hydroxylation sites is 1. The van der Waals surface area contributed by atoms with Gasteiger partial charge in [-0.25, -0.2) is 4.98 Å². The summed E-state index contributed by atoms with van der Waals surface area (Å²) in [6.45, 7) is 9.87. The van der Waals surface area contributed by atoms with Crippen LogP contribution in [0.25, 0.3) is 0 Å². The van der Waals surface area contributed by atoms with Crippen LogP contribution in [0.1, 0.15) is 31.3 Å². The molecule has 0 saturated carbocycles. The third-order valence-corrected chi connectivity index (χ3v) is 6.40. The molecule has 10 heteroatoms. The minimum absolute atomic E-state index is 0. The lowest BCUT2D eigenvalue weighted by Crippen LogP contribution is -2.56. The maximum atomic E-state index is 12.9. The Balaban J connectivity index is 0.00000241. The molecule has 208 valence electrons. The van der Waals surface area contributed by atoms with Crippen LogP contribution < -0.4 is 15.0 Å². The summed E-state index contributed by atoms with van der Waals surface area (Å²) in [7, 11) is 0. The zero-order chi connectivity index (χ0) is 24.8. The molecule has 0 aliphatic carbocycles. The van der Waals surface area contributed by atoms with Crippen LogP contribution in [0.2, 0.25) is 0 Å². The zero-order valence-electron chi connectivity index (χ0n) is 21.8. The average molecular weight is 584 g/mol. The molecule has 3 aromatic rings. The van der Waals surface area contributed by atoms with Crippen LogP contribution in [0.5, 0.6) is 17.2 Å². The van der Waals surface area contributed by atoms with Crippen molar-refractivity contribution in [1.82, 2.24) is 15.2 Å². The topological polar surface area (TPSA) is 77.9 Å². The van der Waals surface area contributed by atoms with Crippen molar-refractivity contribution in [2.45, 2.75) is 32.9 Å². The van der Waals surface area contributed by atoms with Crippen molar-refractivity contribution >= 4 is 48.8 Å². The molecule has 2 heterocycles. The Morgan fingerprint density at radius 1 is 1.03 bits per heavy atom. The van der Waals surface area contributed by atoms with E-state index in [9.17, 15) is 9.90 Å². The lowest BCUT2D eigenvalue weighted by Gasteiger charge is -2.42. The van der Waals surface area contributed by atoms with Crippen LogP contribution in [0.4, 0.5) is 5.69 Å². The van der Waals surface area contributed by atoms with E-state index in [2.05, 4.69) is 40.9 Å². The molecule has 7 nitrogen and oxygen atoms in total. The van der Waals surface area contributed by atoms with Crippen molar-refractivity contribution in [3.05, 3.63) is 78.6 Å². The molecule has 2 N–H and O–H groups in total. The summed E-state index contributed by atoms with van der Waals surface area (Å²) in [6, 6.07) is 20.7. The SMILES string of the molecule is CC(C)C(CN1CCN(c2cccc(O)c2)C(C)C1)NC(=O)c1ccc(Oc2ccccc2)cn1.Cl.Cl.Cl. The molecule has 0 bridgehead atoms. The Bertz CT molecular complexity index is 1120. The lowest BCUT2D eigenvalue weighted by molar-refractivity contribution is 0.0898. The number of nitrogens with zero attached hydrogens (tertiary/aromatic N) is 3. The summed E-state index contributed by atoms with van der Waals surface area (Å²) in [6.07, 6.45) is 1.58. The lowest BCUT2D eigenvalue weighted by atomic mass is 10.0. The Hall–Kier alpha value is -2.71.